The molecule has 0 radical (unpaired) electrons. The lowest BCUT2D eigenvalue weighted by molar-refractivity contribution is 0.211. The summed E-state index contributed by atoms with van der Waals surface area (Å²) in [5.41, 5.74) is 0.949. The van der Waals surface area contributed by atoms with E-state index >= 15 is 0 Å². The normalized spacial score (nSPS) is 12.4. The van der Waals surface area contributed by atoms with Crippen molar-refractivity contribution >= 4 is 17.3 Å². The van der Waals surface area contributed by atoms with Crippen molar-refractivity contribution in [3.05, 3.63) is 24.3 Å². The van der Waals surface area contributed by atoms with Crippen LogP contribution in [-0.4, -0.2) is 54.8 Å². The van der Waals surface area contributed by atoms with Crippen LogP contribution in [0.15, 0.2) is 24.3 Å². The monoisotopic (exact) mass is 300 g/mol. The number of alkyl halides is 1. The molecule has 1 aromatic carbocycles. The number of nitrogens with one attached hydrogen (secondary N) is 1. The highest BCUT2D eigenvalue weighted by molar-refractivity contribution is 6.18. The van der Waals surface area contributed by atoms with Gasteiger partial charge in [0.05, 0.1) is 12.0 Å². The van der Waals surface area contributed by atoms with Gasteiger partial charge < -0.3 is 20.1 Å². The molecule has 0 spiro atoms. The average molecular weight is 301 g/mol. The van der Waals surface area contributed by atoms with Crippen molar-refractivity contribution in [3.8, 4) is 5.75 Å². The van der Waals surface area contributed by atoms with Crippen molar-refractivity contribution in [2.75, 3.05) is 44.0 Å². The minimum atomic E-state index is -0.526. The van der Waals surface area contributed by atoms with Crippen LogP contribution in [0.2, 0.25) is 0 Å². The summed E-state index contributed by atoms with van der Waals surface area (Å²) in [7, 11) is 0. The zero-order chi connectivity index (χ0) is 14.8. The smallest absolute Gasteiger partial charge is 0.119 e. The van der Waals surface area contributed by atoms with Gasteiger partial charge in [0, 0.05) is 18.8 Å². The van der Waals surface area contributed by atoms with Crippen LogP contribution in [0.5, 0.6) is 5.75 Å². The summed E-state index contributed by atoms with van der Waals surface area (Å²) in [4.78, 5) is 2.32. The number of anilines is 1. The first-order valence-electron chi connectivity index (χ1n) is 7.12. The van der Waals surface area contributed by atoms with Gasteiger partial charge in [0.15, 0.2) is 0 Å². The Morgan fingerprint density at radius 3 is 2.45 bits per heavy atom. The molecule has 4 nitrogen and oxygen atoms in total. The third-order valence-electron chi connectivity index (χ3n) is 3.14. The van der Waals surface area contributed by atoms with Crippen LogP contribution in [0.3, 0.4) is 0 Å². The Kier molecular flexibility index (Phi) is 8.42. The molecular formula is C15H25ClN2O2. The maximum absolute atomic E-state index is 9.36. The van der Waals surface area contributed by atoms with Crippen LogP contribution >= 0.6 is 11.6 Å². The molecular weight excluding hydrogens is 276 g/mol. The van der Waals surface area contributed by atoms with E-state index in [9.17, 15) is 5.11 Å². The largest absolute Gasteiger partial charge is 0.492 e. The number of ether oxygens (including phenoxy) is 1. The maximum Gasteiger partial charge on any atom is 0.119 e. The lowest BCUT2D eigenvalue weighted by Gasteiger charge is -2.18. The van der Waals surface area contributed by atoms with E-state index in [1.54, 1.807) is 0 Å². The van der Waals surface area contributed by atoms with E-state index < -0.39 is 6.10 Å². The molecule has 0 aliphatic heterocycles. The van der Waals surface area contributed by atoms with Gasteiger partial charge in [-0.1, -0.05) is 13.8 Å². The van der Waals surface area contributed by atoms with Gasteiger partial charge in [-0.05, 0) is 37.4 Å². The van der Waals surface area contributed by atoms with Crippen molar-refractivity contribution in [3.63, 3.8) is 0 Å². The van der Waals surface area contributed by atoms with E-state index in [2.05, 4.69) is 24.1 Å². The molecule has 1 atom stereocenters. The predicted octanol–water partition coefficient (Wildman–Crippen LogP) is 2.42. The van der Waals surface area contributed by atoms with Crippen LogP contribution in [0.1, 0.15) is 13.8 Å². The topological polar surface area (TPSA) is 44.7 Å². The number of rotatable bonds is 10. The van der Waals surface area contributed by atoms with Crippen molar-refractivity contribution in [1.82, 2.24) is 4.90 Å². The Morgan fingerprint density at radius 2 is 1.90 bits per heavy atom. The molecule has 0 amide bonds. The van der Waals surface area contributed by atoms with E-state index in [0.29, 0.717) is 13.2 Å². The zero-order valence-electron chi connectivity index (χ0n) is 12.3. The van der Waals surface area contributed by atoms with Crippen LogP contribution in [0, 0.1) is 0 Å². The summed E-state index contributed by atoms with van der Waals surface area (Å²) in [6.45, 7) is 8.48. The first-order valence-corrected chi connectivity index (χ1v) is 7.66. The number of halogens is 1. The third kappa shape index (κ3) is 6.46. The molecule has 0 saturated carbocycles. The fourth-order valence-corrected chi connectivity index (χ4v) is 1.90. The molecule has 0 bridgehead atoms. The van der Waals surface area contributed by atoms with Gasteiger partial charge in [-0.2, -0.15) is 0 Å². The van der Waals surface area contributed by atoms with E-state index in [1.807, 2.05) is 24.3 Å². The molecule has 2 N–H and O–H groups in total. The third-order valence-corrected chi connectivity index (χ3v) is 3.50. The van der Waals surface area contributed by atoms with Gasteiger partial charge in [0.25, 0.3) is 0 Å². The first kappa shape index (κ1) is 17.1. The fourth-order valence-electron chi connectivity index (χ4n) is 1.79. The molecule has 1 aromatic rings. The molecule has 20 heavy (non-hydrogen) atoms. The quantitative estimate of drug-likeness (QED) is 0.651. The first-order chi connectivity index (χ1) is 9.69. The summed E-state index contributed by atoms with van der Waals surface area (Å²) in [6, 6.07) is 7.73. The van der Waals surface area contributed by atoms with Gasteiger partial charge in [0.2, 0.25) is 0 Å². The molecule has 0 aliphatic rings. The second-order valence-corrected chi connectivity index (χ2v) is 4.90. The van der Waals surface area contributed by atoms with Gasteiger partial charge in [0.1, 0.15) is 12.4 Å². The lowest BCUT2D eigenvalue weighted by atomic mass is 10.3. The van der Waals surface area contributed by atoms with Crippen LogP contribution in [-0.2, 0) is 0 Å². The molecule has 0 aromatic heterocycles. The standard InChI is InChI=1S/C15H25ClN2O2/c1-3-18(4-2)9-10-20-15-7-5-13(6-8-15)17-12-14(19)11-16/h5-8,14,17,19H,3-4,9-12H2,1-2H3. The van der Waals surface area contributed by atoms with Crippen molar-refractivity contribution < 1.29 is 9.84 Å². The van der Waals surface area contributed by atoms with Gasteiger partial charge in [-0.25, -0.2) is 0 Å². The maximum atomic E-state index is 9.36. The number of aliphatic hydroxyl groups is 1. The second kappa shape index (κ2) is 9.86. The fraction of sp³-hybridized carbons (Fsp3) is 0.600. The molecule has 0 heterocycles. The van der Waals surface area contributed by atoms with Gasteiger partial charge in [-0.15, -0.1) is 11.6 Å². The SMILES string of the molecule is CCN(CC)CCOc1ccc(NCC(O)CCl)cc1. The molecule has 0 saturated heterocycles. The summed E-state index contributed by atoms with van der Waals surface area (Å²) in [5, 5.41) is 12.5. The van der Waals surface area contributed by atoms with Crippen LogP contribution in [0.4, 0.5) is 5.69 Å². The van der Waals surface area contributed by atoms with Crippen molar-refractivity contribution in [2.24, 2.45) is 0 Å². The van der Waals surface area contributed by atoms with E-state index in [0.717, 1.165) is 31.1 Å². The highest BCUT2D eigenvalue weighted by atomic mass is 35.5. The highest BCUT2D eigenvalue weighted by Crippen LogP contribution is 2.15. The second-order valence-electron chi connectivity index (χ2n) is 4.59. The minimum absolute atomic E-state index is 0.236. The molecule has 1 rings (SSSR count). The Bertz CT molecular complexity index is 355. The van der Waals surface area contributed by atoms with Crippen molar-refractivity contribution in [2.45, 2.75) is 20.0 Å². The van der Waals surface area contributed by atoms with Gasteiger partial charge in [-0.3, -0.25) is 0 Å². The number of nitrogens with zero attached hydrogens (tertiary/aromatic N) is 1. The van der Waals surface area contributed by atoms with E-state index in [4.69, 9.17) is 16.3 Å². The number of hydrogen-bond donors (Lipinski definition) is 2. The predicted molar refractivity (Wildman–Crippen MR) is 84.9 cm³/mol. The minimum Gasteiger partial charge on any atom is -0.492 e. The lowest BCUT2D eigenvalue weighted by Crippen LogP contribution is -2.27. The zero-order valence-corrected chi connectivity index (χ0v) is 13.1. The Balaban J connectivity index is 2.31. The van der Waals surface area contributed by atoms with Crippen molar-refractivity contribution in [1.29, 1.82) is 0 Å². The number of likely N-dealkylation sites (N-methyl/N-ethyl adjacent to an activating group) is 1. The molecule has 1 unspecified atom stereocenters. The number of benzene rings is 1. The van der Waals surface area contributed by atoms with Crippen LogP contribution < -0.4 is 10.1 Å². The summed E-state index contributed by atoms with van der Waals surface area (Å²) < 4.78 is 5.70. The molecule has 114 valence electrons. The highest BCUT2D eigenvalue weighted by Gasteiger charge is 2.02. The molecule has 5 heteroatoms. The number of aliphatic hydroxyl groups excluding tert-OH is 1. The molecule has 0 fully saturated rings. The van der Waals surface area contributed by atoms with E-state index in [-0.39, 0.29) is 5.88 Å². The van der Waals surface area contributed by atoms with E-state index in [1.165, 1.54) is 0 Å². The number of hydrogen-bond acceptors (Lipinski definition) is 4. The summed E-state index contributed by atoms with van der Waals surface area (Å²) >= 11 is 5.54. The Labute approximate surface area is 126 Å². The Hall–Kier alpha value is -0.970. The van der Waals surface area contributed by atoms with Gasteiger partial charge >= 0.3 is 0 Å². The summed E-state index contributed by atoms with van der Waals surface area (Å²) in [5.74, 6) is 1.10. The average Bonchev–Trinajstić information content (AvgIpc) is 2.50. The molecule has 0 aliphatic carbocycles. The van der Waals surface area contributed by atoms with Crippen LogP contribution in [0.25, 0.3) is 0 Å². The summed E-state index contributed by atoms with van der Waals surface area (Å²) in [6.07, 6.45) is -0.526. The Morgan fingerprint density at radius 1 is 1.25 bits per heavy atom.